The van der Waals surface area contributed by atoms with Gasteiger partial charge in [0, 0.05) is 15.6 Å². The standard InChI is InChI=1S/C19H17BrO/c20-19(14-8-12-7-13(12)9-14)11-5-6-18-16(10-11)15-3-1-2-4-17(15)21-18/h1-6,10,12-14,19H,7-9H2. The molecule has 0 amide bonds. The van der Waals surface area contributed by atoms with E-state index in [1.54, 1.807) is 0 Å². The second-order valence-electron chi connectivity index (χ2n) is 6.74. The summed E-state index contributed by atoms with van der Waals surface area (Å²) in [6.45, 7) is 0. The number of fused-ring (bicyclic) bond motifs is 4. The second kappa shape index (κ2) is 4.36. The van der Waals surface area contributed by atoms with E-state index in [0.717, 1.165) is 28.9 Å². The van der Waals surface area contributed by atoms with Gasteiger partial charge in [-0.2, -0.15) is 0 Å². The topological polar surface area (TPSA) is 13.1 Å². The van der Waals surface area contributed by atoms with Crippen molar-refractivity contribution >= 4 is 37.9 Å². The fourth-order valence-electron chi connectivity index (χ4n) is 4.19. The first kappa shape index (κ1) is 12.3. The highest BCUT2D eigenvalue weighted by atomic mass is 79.9. The van der Waals surface area contributed by atoms with Crippen LogP contribution in [0, 0.1) is 17.8 Å². The number of benzene rings is 2. The van der Waals surface area contributed by atoms with Gasteiger partial charge >= 0.3 is 0 Å². The van der Waals surface area contributed by atoms with Crippen LogP contribution in [0.1, 0.15) is 29.7 Å². The number of hydrogen-bond acceptors (Lipinski definition) is 1. The number of para-hydroxylation sites is 1. The Bertz CT molecular complexity index is 824. The van der Waals surface area contributed by atoms with Crippen molar-refractivity contribution in [1.29, 1.82) is 0 Å². The van der Waals surface area contributed by atoms with Crippen LogP contribution in [0.25, 0.3) is 21.9 Å². The molecular formula is C19H17BrO. The molecule has 0 N–H and O–H groups in total. The summed E-state index contributed by atoms with van der Waals surface area (Å²) in [6, 6.07) is 15.0. The lowest BCUT2D eigenvalue weighted by molar-refractivity contribution is 0.482. The van der Waals surface area contributed by atoms with E-state index in [2.05, 4.69) is 46.3 Å². The molecule has 5 rings (SSSR count). The molecule has 0 radical (unpaired) electrons. The molecule has 3 aromatic rings. The molecule has 3 atom stereocenters. The molecule has 2 saturated carbocycles. The van der Waals surface area contributed by atoms with Crippen molar-refractivity contribution in [2.45, 2.75) is 24.1 Å². The molecule has 2 aliphatic rings. The molecule has 0 saturated heterocycles. The molecule has 2 fully saturated rings. The third-order valence-electron chi connectivity index (χ3n) is 5.41. The molecular weight excluding hydrogens is 324 g/mol. The lowest BCUT2D eigenvalue weighted by Gasteiger charge is -2.19. The summed E-state index contributed by atoms with van der Waals surface area (Å²) in [4.78, 5) is 0.489. The first-order valence-electron chi connectivity index (χ1n) is 7.85. The van der Waals surface area contributed by atoms with Gasteiger partial charge in [0.15, 0.2) is 0 Å². The van der Waals surface area contributed by atoms with E-state index >= 15 is 0 Å². The SMILES string of the molecule is BrC(c1ccc2oc3ccccc3c2c1)C1CC2CC2C1. The predicted octanol–water partition coefficient (Wildman–Crippen LogP) is 6.07. The van der Waals surface area contributed by atoms with Crippen molar-refractivity contribution in [2.24, 2.45) is 17.8 Å². The van der Waals surface area contributed by atoms with Gasteiger partial charge in [0.2, 0.25) is 0 Å². The van der Waals surface area contributed by atoms with Crippen LogP contribution in [0.3, 0.4) is 0 Å². The summed E-state index contributed by atoms with van der Waals surface area (Å²) in [6.07, 6.45) is 4.30. The third kappa shape index (κ3) is 1.88. The summed E-state index contributed by atoms with van der Waals surface area (Å²) in [5, 5.41) is 2.47. The molecule has 106 valence electrons. The Hall–Kier alpha value is -1.28. The highest BCUT2D eigenvalue weighted by molar-refractivity contribution is 9.09. The number of furan rings is 1. The van der Waals surface area contributed by atoms with Crippen molar-refractivity contribution < 1.29 is 4.42 Å². The van der Waals surface area contributed by atoms with E-state index in [9.17, 15) is 0 Å². The van der Waals surface area contributed by atoms with Crippen LogP contribution in [0.4, 0.5) is 0 Å². The van der Waals surface area contributed by atoms with Crippen LogP contribution in [-0.2, 0) is 0 Å². The van der Waals surface area contributed by atoms with Crippen LogP contribution < -0.4 is 0 Å². The molecule has 0 spiro atoms. The summed E-state index contributed by atoms with van der Waals surface area (Å²) in [5.74, 6) is 2.88. The van der Waals surface area contributed by atoms with Crippen LogP contribution >= 0.6 is 15.9 Å². The molecule has 2 aromatic carbocycles. The van der Waals surface area contributed by atoms with Crippen LogP contribution in [0.15, 0.2) is 46.9 Å². The number of alkyl halides is 1. The maximum Gasteiger partial charge on any atom is 0.135 e. The highest BCUT2D eigenvalue weighted by Crippen LogP contribution is 2.58. The Morgan fingerprint density at radius 1 is 0.905 bits per heavy atom. The van der Waals surface area contributed by atoms with Gasteiger partial charge in [0.25, 0.3) is 0 Å². The Labute approximate surface area is 132 Å². The minimum absolute atomic E-state index is 0.489. The Morgan fingerprint density at radius 2 is 1.67 bits per heavy atom. The van der Waals surface area contributed by atoms with Gasteiger partial charge in [0.1, 0.15) is 11.2 Å². The van der Waals surface area contributed by atoms with Gasteiger partial charge < -0.3 is 4.42 Å². The van der Waals surface area contributed by atoms with Crippen LogP contribution in [0.2, 0.25) is 0 Å². The zero-order valence-corrected chi connectivity index (χ0v) is 13.3. The average Bonchev–Trinajstić information content (AvgIpc) is 2.97. The Kier molecular flexibility index (Phi) is 2.55. The molecule has 1 aromatic heterocycles. The van der Waals surface area contributed by atoms with E-state index in [1.807, 2.05) is 12.1 Å². The van der Waals surface area contributed by atoms with Gasteiger partial charge in [-0.1, -0.05) is 40.2 Å². The monoisotopic (exact) mass is 340 g/mol. The zero-order valence-electron chi connectivity index (χ0n) is 11.8. The van der Waals surface area contributed by atoms with Crippen molar-refractivity contribution in [3.8, 4) is 0 Å². The molecule has 0 aliphatic heterocycles. The number of halogens is 1. The highest BCUT2D eigenvalue weighted by Gasteiger charge is 2.47. The first-order chi connectivity index (χ1) is 10.3. The maximum absolute atomic E-state index is 5.92. The fourth-order valence-corrected chi connectivity index (χ4v) is 4.90. The largest absolute Gasteiger partial charge is 0.456 e. The third-order valence-corrected chi connectivity index (χ3v) is 6.69. The Morgan fingerprint density at radius 3 is 2.52 bits per heavy atom. The average molecular weight is 341 g/mol. The predicted molar refractivity (Wildman–Crippen MR) is 89.7 cm³/mol. The minimum Gasteiger partial charge on any atom is -0.456 e. The lowest BCUT2D eigenvalue weighted by atomic mass is 9.94. The first-order valence-corrected chi connectivity index (χ1v) is 8.76. The van der Waals surface area contributed by atoms with Gasteiger partial charge in [-0.25, -0.2) is 0 Å². The quantitative estimate of drug-likeness (QED) is 0.516. The van der Waals surface area contributed by atoms with Crippen LogP contribution in [0.5, 0.6) is 0 Å². The minimum atomic E-state index is 0.489. The molecule has 3 unspecified atom stereocenters. The van der Waals surface area contributed by atoms with E-state index < -0.39 is 0 Å². The van der Waals surface area contributed by atoms with E-state index in [-0.39, 0.29) is 0 Å². The smallest absolute Gasteiger partial charge is 0.135 e. The molecule has 0 bridgehead atoms. The van der Waals surface area contributed by atoms with Gasteiger partial charge in [0.05, 0.1) is 0 Å². The second-order valence-corrected chi connectivity index (χ2v) is 7.73. The van der Waals surface area contributed by atoms with E-state index in [1.165, 1.54) is 35.6 Å². The molecule has 2 aliphatic carbocycles. The van der Waals surface area contributed by atoms with Crippen LogP contribution in [-0.4, -0.2) is 0 Å². The summed E-state index contributed by atoms with van der Waals surface area (Å²) < 4.78 is 5.92. The maximum atomic E-state index is 5.92. The normalized spacial score (nSPS) is 28.9. The van der Waals surface area contributed by atoms with Crippen molar-refractivity contribution in [1.82, 2.24) is 0 Å². The van der Waals surface area contributed by atoms with E-state index in [4.69, 9.17) is 4.42 Å². The van der Waals surface area contributed by atoms with Gasteiger partial charge in [-0.15, -0.1) is 0 Å². The molecule has 1 nitrogen and oxygen atoms in total. The van der Waals surface area contributed by atoms with Crippen molar-refractivity contribution in [3.05, 3.63) is 48.0 Å². The summed E-state index contributed by atoms with van der Waals surface area (Å²) in [5.41, 5.74) is 3.38. The molecule has 21 heavy (non-hydrogen) atoms. The molecule has 2 heteroatoms. The fraction of sp³-hybridized carbons (Fsp3) is 0.368. The Balaban J connectivity index is 1.58. The van der Waals surface area contributed by atoms with E-state index in [0.29, 0.717) is 4.83 Å². The zero-order chi connectivity index (χ0) is 14.0. The lowest BCUT2D eigenvalue weighted by Crippen LogP contribution is -2.05. The van der Waals surface area contributed by atoms with Gasteiger partial charge in [-0.05, 0) is 60.8 Å². The number of hydrogen-bond donors (Lipinski definition) is 0. The van der Waals surface area contributed by atoms with Crippen molar-refractivity contribution in [2.75, 3.05) is 0 Å². The molecule has 1 heterocycles. The van der Waals surface area contributed by atoms with Crippen molar-refractivity contribution in [3.63, 3.8) is 0 Å². The summed E-state index contributed by atoms with van der Waals surface area (Å²) >= 11 is 3.97. The number of rotatable bonds is 2. The van der Waals surface area contributed by atoms with Gasteiger partial charge in [-0.3, -0.25) is 0 Å². The summed E-state index contributed by atoms with van der Waals surface area (Å²) in [7, 11) is 0.